The monoisotopic (exact) mass is 367 g/mol. The van der Waals surface area contributed by atoms with E-state index in [2.05, 4.69) is 68.9 Å². The number of thiophene rings is 1. The fourth-order valence-electron chi connectivity index (χ4n) is 2.67. The van der Waals surface area contributed by atoms with Gasteiger partial charge in [0.1, 0.15) is 12.4 Å². The number of benzene rings is 1. The largest absolute Gasteiger partial charge is 0.357 e. The van der Waals surface area contributed by atoms with Crippen LogP contribution in [0.25, 0.3) is 0 Å². The van der Waals surface area contributed by atoms with E-state index >= 15 is 0 Å². The second-order valence-electron chi connectivity index (χ2n) is 5.91. The van der Waals surface area contributed by atoms with Gasteiger partial charge in [-0.25, -0.2) is 9.98 Å². The van der Waals surface area contributed by atoms with Gasteiger partial charge >= 0.3 is 0 Å². The van der Waals surface area contributed by atoms with Crippen LogP contribution in [-0.4, -0.2) is 28.6 Å². The van der Waals surface area contributed by atoms with Crippen molar-refractivity contribution in [2.45, 2.75) is 26.4 Å². The van der Waals surface area contributed by atoms with Crippen LogP contribution >= 0.6 is 11.3 Å². The van der Waals surface area contributed by atoms with Gasteiger partial charge in [-0.1, -0.05) is 36.4 Å². The first-order chi connectivity index (χ1) is 12.8. The molecule has 0 saturated heterocycles. The lowest BCUT2D eigenvalue weighted by Crippen LogP contribution is -2.38. The number of nitrogens with one attached hydrogen (secondary N) is 2. The Balaban J connectivity index is 1.58. The molecule has 3 rings (SSSR count). The second kappa shape index (κ2) is 9.77. The Hall–Kier alpha value is -2.60. The van der Waals surface area contributed by atoms with Crippen LogP contribution in [-0.2, 0) is 19.5 Å². The zero-order chi connectivity index (χ0) is 18.0. The predicted octanol–water partition coefficient (Wildman–Crippen LogP) is 3.29. The minimum absolute atomic E-state index is 0.550. The van der Waals surface area contributed by atoms with E-state index in [1.54, 1.807) is 11.3 Å². The molecule has 3 aromatic rings. The summed E-state index contributed by atoms with van der Waals surface area (Å²) in [5, 5.41) is 8.81. The third-order valence-corrected chi connectivity index (χ3v) is 4.90. The summed E-state index contributed by atoms with van der Waals surface area (Å²) in [6.07, 6.45) is 4.85. The fraction of sp³-hybridized carbons (Fsp3) is 0.300. The molecule has 0 amide bonds. The minimum atomic E-state index is 0.550. The van der Waals surface area contributed by atoms with Crippen LogP contribution in [0.5, 0.6) is 0 Å². The Labute approximate surface area is 158 Å². The Bertz CT molecular complexity index is 793. The molecule has 0 aliphatic rings. The SMILES string of the molecule is CCNC(=NCc1nccn1Cc1ccccc1)NCCc1cccs1. The molecule has 2 aromatic heterocycles. The fourth-order valence-corrected chi connectivity index (χ4v) is 3.38. The Morgan fingerprint density at radius 2 is 2.04 bits per heavy atom. The molecule has 6 heteroatoms. The van der Waals surface area contributed by atoms with Crippen LogP contribution < -0.4 is 10.6 Å². The first-order valence-corrected chi connectivity index (χ1v) is 9.81. The molecule has 0 aliphatic carbocycles. The van der Waals surface area contributed by atoms with Crippen molar-refractivity contribution < 1.29 is 0 Å². The molecule has 1 aromatic carbocycles. The zero-order valence-electron chi connectivity index (χ0n) is 15.1. The van der Waals surface area contributed by atoms with Crippen LogP contribution in [0.2, 0.25) is 0 Å². The van der Waals surface area contributed by atoms with E-state index < -0.39 is 0 Å². The highest BCUT2D eigenvalue weighted by Crippen LogP contribution is 2.08. The molecule has 0 aliphatic heterocycles. The van der Waals surface area contributed by atoms with Crippen molar-refractivity contribution in [2.75, 3.05) is 13.1 Å². The first-order valence-electron chi connectivity index (χ1n) is 8.93. The molecule has 5 nitrogen and oxygen atoms in total. The van der Waals surface area contributed by atoms with Crippen molar-refractivity contribution in [3.05, 3.63) is 76.5 Å². The Morgan fingerprint density at radius 3 is 2.81 bits per heavy atom. The van der Waals surface area contributed by atoms with Crippen molar-refractivity contribution in [3.63, 3.8) is 0 Å². The summed E-state index contributed by atoms with van der Waals surface area (Å²) in [7, 11) is 0. The molecule has 2 heterocycles. The number of hydrogen-bond donors (Lipinski definition) is 2. The molecule has 0 spiro atoms. The average molecular weight is 368 g/mol. The molecule has 0 radical (unpaired) electrons. The van der Waals surface area contributed by atoms with Crippen LogP contribution in [0.4, 0.5) is 0 Å². The number of nitrogens with zero attached hydrogens (tertiary/aromatic N) is 3. The number of guanidine groups is 1. The number of aromatic nitrogens is 2. The van der Waals surface area contributed by atoms with Gasteiger partial charge in [0, 0.05) is 36.9 Å². The van der Waals surface area contributed by atoms with Gasteiger partial charge in [-0.3, -0.25) is 0 Å². The Kier molecular flexibility index (Phi) is 6.84. The molecule has 0 unspecified atom stereocenters. The van der Waals surface area contributed by atoms with Crippen molar-refractivity contribution >= 4 is 17.3 Å². The van der Waals surface area contributed by atoms with Crippen LogP contribution in [0.1, 0.15) is 23.2 Å². The third kappa shape index (κ3) is 5.46. The van der Waals surface area contributed by atoms with Gasteiger partial charge in [0.2, 0.25) is 0 Å². The van der Waals surface area contributed by atoms with E-state index in [-0.39, 0.29) is 0 Å². The quantitative estimate of drug-likeness (QED) is 0.474. The predicted molar refractivity (Wildman–Crippen MR) is 109 cm³/mol. The van der Waals surface area contributed by atoms with Gasteiger partial charge in [0.15, 0.2) is 5.96 Å². The van der Waals surface area contributed by atoms with Crippen molar-refractivity contribution in [1.29, 1.82) is 0 Å². The Morgan fingerprint density at radius 1 is 1.15 bits per heavy atom. The molecule has 136 valence electrons. The summed E-state index contributed by atoms with van der Waals surface area (Å²) in [6.45, 7) is 5.14. The van der Waals surface area contributed by atoms with Crippen LogP contribution in [0.15, 0.2) is 65.2 Å². The summed E-state index contributed by atoms with van der Waals surface area (Å²) >= 11 is 1.79. The highest BCUT2D eigenvalue weighted by molar-refractivity contribution is 7.09. The lowest BCUT2D eigenvalue weighted by Gasteiger charge is -2.11. The number of aliphatic imine (C=N–C) groups is 1. The second-order valence-corrected chi connectivity index (χ2v) is 6.94. The van der Waals surface area contributed by atoms with Crippen LogP contribution in [0.3, 0.4) is 0 Å². The van der Waals surface area contributed by atoms with E-state index in [0.29, 0.717) is 6.54 Å². The number of hydrogen-bond acceptors (Lipinski definition) is 3. The van der Waals surface area contributed by atoms with E-state index in [1.165, 1.54) is 10.4 Å². The highest BCUT2D eigenvalue weighted by atomic mass is 32.1. The minimum Gasteiger partial charge on any atom is -0.357 e. The van der Waals surface area contributed by atoms with Gasteiger partial charge in [-0.15, -0.1) is 11.3 Å². The summed E-state index contributed by atoms with van der Waals surface area (Å²) in [4.78, 5) is 10.5. The maximum absolute atomic E-state index is 4.69. The van der Waals surface area contributed by atoms with Crippen molar-refractivity contribution in [3.8, 4) is 0 Å². The zero-order valence-corrected chi connectivity index (χ0v) is 15.9. The lowest BCUT2D eigenvalue weighted by atomic mass is 10.2. The van der Waals surface area contributed by atoms with E-state index in [1.807, 2.05) is 18.5 Å². The first kappa shape index (κ1) is 18.2. The van der Waals surface area contributed by atoms with Crippen molar-refractivity contribution in [1.82, 2.24) is 20.2 Å². The molecule has 26 heavy (non-hydrogen) atoms. The van der Waals surface area contributed by atoms with E-state index in [9.17, 15) is 0 Å². The highest BCUT2D eigenvalue weighted by Gasteiger charge is 2.04. The summed E-state index contributed by atoms with van der Waals surface area (Å²) < 4.78 is 2.15. The average Bonchev–Trinajstić information content (AvgIpc) is 3.33. The normalized spacial score (nSPS) is 11.5. The maximum atomic E-state index is 4.69. The lowest BCUT2D eigenvalue weighted by molar-refractivity contribution is 0.716. The van der Waals surface area contributed by atoms with Gasteiger partial charge in [-0.2, -0.15) is 0 Å². The molecular weight excluding hydrogens is 342 g/mol. The van der Waals surface area contributed by atoms with Crippen LogP contribution in [0, 0.1) is 0 Å². The third-order valence-electron chi connectivity index (χ3n) is 3.96. The maximum Gasteiger partial charge on any atom is 0.191 e. The van der Waals surface area contributed by atoms with Gasteiger partial charge in [0.05, 0.1) is 0 Å². The van der Waals surface area contributed by atoms with Crippen molar-refractivity contribution in [2.24, 2.45) is 4.99 Å². The summed E-state index contributed by atoms with van der Waals surface area (Å²) in [6, 6.07) is 14.7. The summed E-state index contributed by atoms with van der Waals surface area (Å²) in [5.41, 5.74) is 1.26. The molecule has 2 N–H and O–H groups in total. The van der Waals surface area contributed by atoms with Gasteiger partial charge in [-0.05, 0) is 30.4 Å². The molecule has 0 bridgehead atoms. The molecule has 0 fully saturated rings. The number of rotatable bonds is 8. The standard InChI is InChI=1S/C20H25N5S/c1-2-21-20(23-11-10-18-9-6-14-26-18)24-15-19-22-12-13-25(19)16-17-7-4-3-5-8-17/h3-9,12-14H,2,10-11,15-16H2,1H3,(H2,21,23,24). The molecular formula is C20H25N5S. The molecule has 0 atom stereocenters. The topological polar surface area (TPSA) is 54.2 Å². The smallest absolute Gasteiger partial charge is 0.191 e. The van der Waals surface area contributed by atoms with E-state index in [0.717, 1.165) is 37.8 Å². The number of imidazole rings is 1. The summed E-state index contributed by atoms with van der Waals surface area (Å²) in [5.74, 6) is 1.79. The van der Waals surface area contributed by atoms with E-state index in [4.69, 9.17) is 4.99 Å². The molecule has 0 saturated carbocycles. The van der Waals surface area contributed by atoms with Gasteiger partial charge in [0.25, 0.3) is 0 Å². The van der Waals surface area contributed by atoms with Gasteiger partial charge < -0.3 is 15.2 Å².